The summed E-state index contributed by atoms with van der Waals surface area (Å²) in [4.78, 5) is 34.2. The average molecular weight is 609 g/mol. The number of allylic oxidation sites excluding steroid dienone is 2. The Morgan fingerprint density at radius 3 is 2.56 bits per heavy atom. The van der Waals surface area contributed by atoms with Crippen LogP contribution in [0.5, 0.6) is 0 Å². The summed E-state index contributed by atoms with van der Waals surface area (Å²) in [7, 11) is 1.33. The highest BCUT2D eigenvalue weighted by atomic mass is 19.4. The quantitative estimate of drug-likeness (QED) is 0.366. The summed E-state index contributed by atoms with van der Waals surface area (Å²) in [5.74, 6) is -3.58. The Morgan fingerprint density at radius 2 is 1.93 bits per heavy atom. The molecule has 3 aromatic heterocycles. The van der Waals surface area contributed by atoms with Gasteiger partial charge in [-0.2, -0.15) is 23.3 Å². The third kappa shape index (κ3) is 6.16. The summed E-state index contributed by atoms with van der Waals surface area (Å²) >= 11 is 0. The first-order valence-electron chi connectivity index (χ1n) is 13.0. The Morgan fingerprint density at radius 1 is 1.23 bits per heavy atom. The Labute approximate surface area is 240 Å². The van der Waals surface area contributed by atoms with Crippen molar-refractivity contribution in [2.75, 3.05) is 20.3 Å². The van der Waals surface area contributed by atoms with Crippen LogP contribution in [0.25, 0.3) is 16.9 Å². The van der Waals surface area contributed by atoms with Crippen LogP contribution >= 0.6 is 0 Å². The number of urea groups is 1. The zero-order valence-electron chi connectivity index (χ0n) is 22.9. The number of rotatable bonds is 8. The largest absolute Gasteiger partial charge is 0.431 e. The van der Waals surface area contributed by atoms with Gasteiger partial charge in [-0.3, -0.25) is 4.79 Å². The highest BCUT2D eigenvalue weighted by molar-refractivity contribution is 6.05. The average Bonchev–Trinajstić information content (AvgIpc) is 3.68. The van der Waals surface area contributed by atoms with E-state index in [1.807, 2.05) is 0 Å². The van der Waals surface area contributed by atoms with E-state index in [9.17, 15) is 31.5 Å². The Kier molecular flexibility index (Phi) is 7.85. The van der Waals surface area contributed by atoms with E-state index in [4.69, 9.17) is 9.37 Å². The number of nitrogens with one attached hydrogen (secondary N) is 1. The van der Waals surface area contributed by atoms with E-state index in [2.05, 4.69) is 37.3 Å². The summed E-state index contributed by atoms with van der Waals surface area (Å²) in [6, 6.07) is -0.547. The number of halogens is 5. The summed E-state index contributed by atoms with van der Waals surface area (Å²) < 4.78 is 78.8. The lowest BCUT2D eigenvalue weighted by Crippen LogP contribution is -2.36. The highest BCUT2D eigenvalue weighted by Crippen LogP contribution is 2.38. The smallest absolute Gasteiger partial charge is 0.382 e. The van der Waals surface area contributed by atoms with E-state index in [1.165, 1.54) is 30.1 Å². The van der Waals surface area contributed by atoms with E-state index >= 15 is 0 Å². The molecule has 3 amide bonds. The number of alkyl halides is 5. The molecule has 1 atom stereocenters. The molecule has 12 nitrogen and oxygen atoms in total. The molecule has 0 spiro atoms. The maximum atomic E-state index is 14.0. The zero-order valence-corrected chi connectivity index (χ0v) is 22.9. The molecule has 0 unspecified atom stereocenters. The van der Waals surface area contributed by atoms with Gasteiger partial charge in [0.15, 0.2) is 11.3 Å². The summed E-state index contributed by atoms with van der Waals surface area (Å²) in [5.41, 5.74) is 0.559. The van der Waals surface area contributed by atoms with E-state index < -0.39 is 55.2 Å². The molecule has 1 fully saturated rings. The van der Waals surface area contributed by atoms with E-state index in [1.54, 1.807) is 6.92 Å². The lowest BCUT2D eigenvalue weighted by Gasteiger charge is -2.26. The van der Waals surface area contributed by atoms with Gasteiger partial charge < -0.3 is 15.0 Å². The topological polar surface area (TPSA) is 140 Å². The first-order chi connectivity index (χ1) is 20.3. The molecule has 0 radical (unpaired) electrons. The van der Waals surface area contributed by atoms with Gasteiger partial charge in [-0.1, -0.05) is 6.58 Å². The number of methoxy groups -OCH3 is 1. The molecular weight excluding hydrogens is 583 g/mol. The van der Waals surface area contributed by atoms with Crippen LogP contribution in [0.4, 0.5) is 26.7 Å². The number of hydrogen-bond acceptors (Lipinski definition) is 8. The van der Waals surface area contributed by atoms with Crippen molar-refractivity contribution in [1.29, 1.82) is 0 Å². The predicted molar refractivity (Wildman–Crippen MR) is 140 cm³/mol. The number of aromatic nitrogens is 5. The fraction of sp³-hybridized carbons (Fsp3) is 0.423. The molecule has 0 saturated heterocycles. The normalized spacial score (nSPS) is 17.7. The van der Waals surface area contributed by atoms with Crippen molar-refractivity contribution in [1.82, 2.24) is 35.1 Å². The fourth-order valence-electron chi connectivity index (χ4n) is 4.85. The van der Waals surface area contributed by atoms with Gasteiger partial charge in [0.1, 0.15) is 17.1 Å². The number of aliphatic imine (C=N–C) groups is 1. The number of imidazole rings is 1. The Hall–Kier alpha value is -4.54. The fourth-order valence-corrected chi connectivity index (χ4v) is 4.85. The van der Waals surface area contributed by atoms with E-state index in [0.29, 0.717) is 16.7 Å². The van der Waals surface area contributed by atoms with Gasteiger partial charge in [-0.05, 0) is 47.3 Å². The van der Waals surface area contributed by atoms with Gasteiger partial charge in [0.25, 0.3) is 5.91 Å². The minimum atomic E-state index is -4.77. The number of hydrogen-bond donors (Lipinski definition) is 1. The number of ether oxygens (including phenoxy) is 1. The maximum absolute atomic E-state index is 14.0. The minimum absolute atomic E-state index is 0.0197. The molecule has 1 aliphatic carbocycles. The molecule has 17 heteroatoms. The molecule has 3 aromatic rings. The summed E-state index contributed by atoms with van der Waals surface area (Å²) in [6.45, 7) is 4.42. The molecule has 0 bridgehead atoms. The van der Waals surface area contributed by atoms with Gasteiger partial charge in [-0.25, -0.2) is 27.7 Å². The van der Waals surface area contributed by atoms with Crippen LogP contribution in [0.3, 0.4) is 0 Å². The molecule has 5 rings (SSSR count). The molecule has 1 saturated carbocycles. The van der Waals surface area contributed by atoms with Crippen LogP contribution in [0.2, 0.25) is 0 Å². The molecule has 0 aromatic carbocycles. The van der Waals surface area contributed by atoms with Crippen LogP contribution in [-0.2, 0) is 4.74 Å². The minimum Gasteiger partial charge on any atom is -0.382 e. The zero-order chi connectivity index (χ0) is 31.1. The van der Waals surface area contributed by atoms with Crippen LogP contribution in [0.1, 0.15) is 66.1 Å². The summed E-state index contributed by atoms with van der Waals surface area (Å²) in [6.07, 6.45) is -2.86. The van der Waals surface area contributed by atoms with Crippen molar-refractivity contribution in [2.45, 2.75) is 50.7 Å². The van der Waals surface area contributed by atoms with Crippen molar-refractivity contribution in [2.24, 2.45) is 4.99 Å². The van der Waals surface area contributed by atoms with Crippen molar-refractivity contribution < 1.29 is 40.9 Å². The third-order valence-electron chi connectivity index (χ3n) is 7.09. The molecule has 43 heavy (non-hydrogen) atoms. The van der Waals surface area contributed by atoms with E-state index in [0.717, 1.165) is 4.90 Å². The number of nitrogens with zero attached hydrogens (tertiary/aromatic N) is 7. The van der Waals surface area contributed by atoms with E-state index in [-0.39, 0.29) is 47.9 Å². The molecule has 1 aliphatic heterocycles. The molecular formula is C26H25F5N8O4. The van der Waals surface area contributed by atoms with Crippen LogP contribution < -0.4 is 5.32 Å². The molecule has 2 aliphatic rings. The molecule has 1 N–H and O–H groups in total. The lowest BCUT2D eigenvalue weighted by molar-refractivity contribution is -0.0603. The standard InChI is InChI=1S/C26H25F5N8O4/c1-13(2)20-22(37-43-36-20)23(40)35-21(14-4-6-25(27,28)7-5-14)16-10-39-19(33-16)8-15(9-32-39)17(12-42-3)38-11-18(26(29,30)31)34-24(38)41/h8-10,17H,1,4-7,11-12H2,2-3H3,(H,35,40)/t17-/m1/s1. The number of carbonyl (C=O) groups excluding carboxylic acids is 2. The SMILES string of the molecule is C=C(C)c1nonc1C(=O)NC(=C1CCC(F)(F)CC1)c1cn2ncc([C@@H](COC)N3CC(C(F)(F)F)=NC3=O)cc2n1. The maximum Gasteiger partial charge on any atom is 0.431 e. The highest BCUT2D eigenvalue weighted by Gasteiger charge is 2.44. The van der Waals surface area contributed by atoms with Crippen LogP contribution in [-0.4, -0.2) is 79.8 Å². The Balaban J connectivity index is 1.50. The molecule has 228 valence electrons. The second-order valence-corrected chi connectivity index (χ2v) is 10.2. The number of carbonyl (C=O) groups is 2. The monoisotopic (exact) mass is 608 g/mol. The first kappa shape index (κ1) is 29.9. The van der Waals surface area contributed by atoms with Gasteiger partial charge in [0, 0.05) is 25.5 Å². The second kappa shape index (κ2) is 11.3. The van der Waals surface area contributed by atoms with Gasteiger partial charge in [0.05, 0.1) is 37.3 Å². The first-order valence-corrected chi connectivity index (χ1v) is 13.0. The predicted octanol–water partition coefficient (Wildman–Crippen LogP) is 4.62. The molecule has 4 heterocycles. The van der Waals surface area contributed by atoms with Crippen molar-refractivity contribution in [3.63, 3.8) is 0 Å². The Bertz CT molecular complexity index is 1650. The van der Waals surface area contributed by atoms with Gasteiger partial charge in [0.2, 0.25) is 5.92 Å². The van der Waals surface area contributed by atoms with Crippen LogP contribution in [0, 0.1) is 0 Å². The van der Waals surface area contributed by atoms with Gasteiger partial charge in [-0.15, -0.1) is 0 Å². The van der Waals surface area contributed by atoms with Crippen molar-refractivity contribution >= 4 is 34.6 Å². The van der Waals surface area contributed by atoms with Crippen molar-refractivity contribution in [3.05, 3.63) is 53.3 Å². The number of amides is 3. The second-order valence-electron chi connectivity index (χ2n) is 10.2. The van der Waals surface area contributed by atoms with Gasteiger partial charge >= 0.3 is 12.2 Å². The van der Waals surface area contributed by atoms with Crippen molar-refractivity contribution in [3.8, 4) is 0 Å². The van der Waals surface area contributed by atoms with Crippen LogP contribution in [0.15, 0.2) is 40.2 Å². The summed E-state index contributed by atoms with van der Waals surface area (Å²) in [5, 5.41) is 14.3. The number of fused-ring (bicyclic) bond motifs is 1. The third-order valence-corrected chi connectivity index (χ3v) is 7.09. The lowest BCUT2D eigenvalue weighted by atomic mass is 9.90.